The first kappa shape index (κ1) is 22.3. The highest BCUT2D eigenvalue weighted by Crippen LogP contribution is 2.41. The summed E-state index contributed by atoms with van der Waals surface area (Å²) < 4.78 is 5.59. The minimum atomic E-state index is -0.222. The minimum Gasteiger partial charge on any atom is -0.382 e. The lowest BCUT2D eigenvalue weighted by molar-refractivity contribution is 0.0657. The summed E-state index contributed by atoms with van der Waals surface area (Å²) in [4.78, 5) is 31.1. The molecule has 0 aromatic heterocycles. The minimum absolute atomic E-state index is 0.222. The summed E-state index contributed by atoms with van der Waals surface area (Å²) >= 11 is 0. The summed E-state index contributed by atoms with van der Waals surface area (Å²) in [6.07, 6.45) is 5.94. The molecule has 1 fully saturated rings. The van der Waals surface area contributed by atoms with Crippen LogP contribution in [0.2, 0.25) is 0 Å². The lowest BCUT2D eigenvalue weighted by atomic mass is 9.83. The van der Waals surface area contributed by atoms with Crippen molar-refractivity contribution in [3.63, 3.8) is 0 Å². The molecule has 2 aliphatic rings. The zero-order valence-electron chi connectivity index (χ0n) is 18.2. The van der Waals surface area contributed by atoms with Crippen LogP contribution in [0.15, 0.2) is 29.3 Å². The lowest BCUT2D eigenvalue weighted by Crippen LogP contribution is -2.43. The number of aliphatic imine (C=N–C) groups is 1. The molecule has 0 radical (unpaired) electrons. The van der Waals surface area contributed by atoms with Crippen molar-refractivity contribution in [1.29, 1.82) is 0 Å². The van der Waals surface area contributed by atoms with Crippen molar-refractivity contribution in [1.82, 2.24) is 15.5 Å². The van der Waals surface area contributed by atoms with E-state index in [1.165, 1.54) is 30.6 Å². The first-order valence-corrected chi connectivity index (χ1v) is 11.2. The molecule has 3 rings (SSSR count). The number of hydrogen-bond donors (Lipinski definition) is 2. The molecule has 30 heavy (non-hydrogen) atoms. The van der Waals surface area contributed by atoms with Crippen molar-refractivity contribution in [3.8, 4) is 0 Å². The summed E-state index contributed by atoms with van der Waals surface area (Å²) in [5.41, 5.74) is 1.20. The third-order valence-electron chi connectivity index (χ3n) is 6.07. The molecule has 2 amide bonds. The van der Waals surface area contributed by atoms with Gasteiger partial charge in [-0.2, -0.15) is 0 Å². The number of imide groups is 1. The van der Waals surface area contributed by atoms with Crippen LogP contribution in [0.1, 0.15) is 66.7 Å². The number of carbonyl (C=O) groups excluding carboxylic acids is 2. The van der Waals surface area contributed by atoms with E-state index in [0.29, 0.717) is 24.2 Å². The zero-order valence-corrected chi connectivity index (χ0v) is 18.2. The Hall–Kier alpha value is -2.41. The molecule has 1 aromatic carbocycles. The number of benzene rings is 1. The highest BCUT2D eigenvalue weighted by atomic mass is 16.5. The molecule has 7 heteroatoms. The number of fused-ring (bicyclic) bond motifs is 1. The molecule has 1 heterocycles. The monoisotopic (exact) mass is 414 g/mol. The SMILES string of the molecule is CCNC(=NCC1(CCOCC)CCCC1)NCCN1C(=O)c2ccccc2C1=O. The number of nitrogens with zero attached hydrogens (tertiary/aromatic N) is 2. The van der Waals surface area contributed by atoms with E-state index < -0.39 is 0 Å². The fourth-order valence-electron chi connectivity index (χ4n) is 4.36. The van der Waals surface area contributed by atoms with Gasteiger partial charge >= 0.3 is 0 Å². The van der Waals surface area contributed by atoms with Crippen molar-refractivity contribution < 1.29 is 14.3 Å². The van der Waals surface area contributed by atoms with E-state index >= 15 is 0 Å². The maximum atomic E-state index is 12.5. The molecule has 1 aromatic rings. The summed E-state index contributed by atoms with van der Waals surface area (Å²) in [7, 11) is 0. The van der Waals surface area contributed by atoms with Gasteiger partial charge in [-0.1, -0.05) is 25.0 Å². The van der Waals surface area contributed by atoms with Crippen LogP contribution in [0.25, 0.3) is 0 Å². The Kier molecular flexibility index (Phi) is 7.85. The average Bonchev–Trinajstić information content (AvgIpc) is 3.32. The zero-order chi connectivity index (χ0) is 21.4. The first-order valence-electron chi connectivity index (χ1n) is 11.2. The van der Waals surface area contributed by atoms with E-state index in [4.69, 9.17) is 9.73 Å². The molecule has 7 nitrogen and oxygen atoms in total. The van der Waals surface area contributed by atoms with Crippen molar-refractivity contribution in [3.05, 3.63) is 35.4 Å². The quantitative estimate of drug-likeness (QED) is 0.266. The predicted molar refractivity (Wildman–Crippen MR) is 118 cm³/mol. The Balaban J connectivity index is 1.55. The molecule has 1 aliphatic carbocycles. The van der Waals surface area contributed by atoms with Gasteiger partial charge in [-0.15, -0.1) is 0 Å². The summed E-state index contributed by atoms with van der Waals surface area (Å²) in [6.45, 7) is 7.89. The topological polar surface area (TPSA) is 83.0 Å². The van der Waals surface area contributed by atoms with Crippen LogP contribution < -0.4 is 10.6 Å². The van der Waals surface area contributed by atoms with E-state index in [9.17, 15) is 9.59 Å². The van der Waals surface area contributed by atoms with Gasteiger partial charge in [0.1, 0.15) is 0 Å². The Morgan fingerprint density at radius 1 is 1.10 bits per heavy atom. The van der Waals surface area contributed by atoms with Gasteiger partial charge in [0.15, 0.2) is 5.96 Å². The standard InChI is InChI=1S/C23H34N4O3/c1-3-24-22(26-17-23(11-7-8-12-23)13-16-30-4-2)25-14-15-27-20(28)18-9-5-6-10-19(18)21(27)29/h5-6,9-10H,3-4,7-8,11-17H2,1-2H3,(H2,24,25,26). The largest absolute Gasteiger partial charge is 0.382 e. The summed E-state index contributed by atoms with van der Waals surface area (Å²) in [6, 6.07) is 6.98. The molecule has 0 saturated heterocycles. The maximum absolute atomic E-state index is 12.5. The molecule has 0 atom stereocenters. The number of rotatable bonds is 10. The number of amides is 2. The van der Waals surface area contributed by atoms with Gasteiger partial charge in [0, 0.05) is 39.4 Å². The van der Waals surface area contributed by atoms with Gasteiger partial charge in [0.05, 0.1) is 11.1 Å². The second-order valence-electron chi connectivity index (χ2n) is 8.08. The van der Waals surface area contributed by atoms with Crippen LogP contribution in [0, 0.1) is 5.41 Å². The van der Waals surface area contributed by atoms with Crippen LogP contribution in [-0.4, -0.2) is 62.1 Å². The van der Waals surface area contributed by atoms with Crippen LogP contribution in [0.5, 0.6) is 0 Å². The Morgan fingerprint density at radius 3 is 2.37 bits per heavy atom. The third-order valence-corrected chi connectivity index (χ3v) is 6.07. The van der Waals surface area contributed by atoms with Crippen LogP contribution in [0.4, 0.5) is 0 Å². The fraction of sp³-hybridized carbons (Fsp3) is 0.609. The highest BCUT2D eigenvalue weighted by molar-refractivity contribution is 6.21. The van der Waals surface area contributed by atoms with Gasteiger partial charge < -0.3 is 15.4 Å². The molecular weight excluding hydrogens is 380 g/mol. The Morgan fingerprint density at radius 2 is 1.77 bits per heavy atom. The molecule has 2 N–H and O–H groups in total. The second-order valence-corrected chi connectivity index (χ2v) is 8.08. The van der Waals surface area contributed by atoms with Gasteiger partial charge in [-0.05, 0) is 50.7 Å². The van der Waals surface area contributed by atoms with E-state index in [1.807, 2.05) is 13.8 Å². The Bertz CT molecular complexity index is 736. The van der Waals surface area contributed by atoms with Gasteiger partial charge in [0.25, 0.3) is 11.8 Å². The fourth-order valence-corrected chi connectivity index (χ4v) is 4.36. The molecular formula is C23H34N4O3. The van der Waals surface area contributed by atoms with Crippen molar-refractivity contribution >= 4 is 17.8 Å². The summed E-state index contributed by atoms with van der Waals surface area (Å²) in [5.74, 6) is 0.289. The number of hydrogen-bond acceptors (Lipinski definition) is 4. The molecule has 0 spiro atoms. The van der Waals surface area contributed by atoms with Gasteiger partial charge in [-0.25, -0.2) is 0 Å². The smallest absolute Gasteiger partial charge is 0.261 e. The normalized spacial score (nSPS) is 18.1. The second kappa shape index (κ2) is 10.6. The summed E-state index contributed by atoms with van der Waals surface area (Å²) in [5, 5.41) is 6.56. The molecule has 1 saturated carbocycles. The van der Waals surface area contributed by atoms with Crippen LogP contribution >= 0.6 is 0 Å². The van der Waals surface area contributed by atoms with E-state index in [2.05, 4.69) is 10.6 Å². The predicted octanol–water partition coefficient (Wildman–Crippen LogP) is 2.82. The maximum Gasteiger partial charge on any atom is 0.261 e. The van der Waals surface area contributed by atoms with Crippen molar-refractivity contribution in [2.75, 3.05) is 39.4 Å². The van der Waals surface area contributed by atoms with Gasteiger partial charge in [-0.3, -0.25) is 19.5 Å². The lowest BCUT2D eigenvalue weighted by Gasteiger charge is -2.27. The van der Waals surface area contributed by atoms with Crippen LogP contribution in [-0.2, 0) is 4.74 Å². The first-order chi connectivity index (χ1) is 14.6. The number of nitrogens with one attached hydrogen (secondary N) is 2. The molecule has 0 unspecified atom stereocenters. The van der Waals surface area contributed by atoms with Crippen molar-refractivity contribution in [2.45, 2.75) is 46.0 Å². The third kappa shape index (κ3) is 5.19. The highest BCUT2D eigenvalue weighted by Gasteiger charge is 2.35. The van der Waals surface area contributed by atoms with E-state index in [0.717, 1.165) is 38.7 Å². The molecule has 1 aliphatic heterocycles. The molecule has 0 bridgehead atoms. The van der Waals surface area contributed by atoms with E-state index in [-0.39, 0.29) is 17.2 Å². The number of carbonyl (C=O) groups is 2. The number of ether oxygens (including phenoxy) is 1. The molecule has 164 valence electrons. The van der Waals surface area contributed by atoms with E-state index in [1.54, 1.807) is 24.3 Å². The van der Waals surface area contributed by atoms with Gasteiger partial charge in [0.2, 0.25) is 0 Å². The van der Waals surface area contributed by atoms with Crippen LogP contribution in [0.3, 0.4) is 0 Å². The average molecular weight is 415 g/mol. The van der Waals surface area contributed by atoms with Crippen molar-refractivity contribution in [2.24, 2.45) is 10.4 Å². The Labute approximate surface area is 179 Å². The number of guanidine groups is 1.